The number of unbranched alkanes of at least 4 members (excludes halogenated alkanes) is 11. The number of hydrogen-bond acceptors (Lipinski definition) is 3. The summed E-state index contributed by atoms with van der Waals surface area (Å²) < 4.78 is 12.1. The minimum atomic E-state index is 0.238. The third-order valence-electron chi connectivity index (χ3n) is 7.48. The molecule has 0 aromatic rings. The van der Waals surface area contributed by atoms with E-state index in [0.717, 1.165) is 75.8 Å². The summed E-state index contributed by atoms with van der Waals surface area (Å²) in [5.74, 6) is 1.11. The second-order valence-corrected chi connectivity index (χ2v) is 11.1. The predicted molar refractivity (Wildman–Crippen MR) is 137 cm³/mol. The first-order valence-electron chi connectivity index (χ1n) is 14.4. The number of amides is 1. The number of nitrogens with one attached hydrogen (secondary N) is 1. The van der Waals surface area contributed by atoms with Gasteiger partial charge in [0.1, 0.15) is 25.7 Å². The summed E-state index contributed by atoms with van der Waals surface area (Å²) in [5.41, 5.74) is 0. The van der Waals surface area contributed by atoms with Gasteiger partial charge in [0, 0.05) is 19.4 Å². The number of epoxide rings is 1. The summed E-state index contributed by atoms with van der Waals surface area (Å²) in [6.07, 6.45) is 19.8. The van der Waals surface area contributed by atoms with Gasteiger partial charge in [0.15, 0.2) is 0 Å². The molecule has 2 aliphatic rings. The molecule has 1 atom stereocenters. The Morgan fingerprint density at radius 2 is 1.39 bits per heavy atom. The van der Waals surface area contributed by atoms with Gasteiger partial charge in [0.2, 0.25) is 5.91 Å². The van der Waals surface area contributed by atoms with E-state index in [1.54, 1.807) is 0 Å². The fourth-order valence-corrected chi connectivity index (χ4v) is 5.17. The number of carbonyl (C=O) groups is 1. The van der Waals surface area contributed by atoms with Crippen molar-refractivity contribution in [1.29, 1.82) is 0 Å². The van der Waals surface area contributed by atoms with Gasteiger partial charge in [0.05, 0.1) is 26.4 Å². The van der Waals surface area contributed by atoms with E-state index in [-0.39, 0.29) is 5.91 Å². The molecule has 2 saturated heterocycles. The average molecular weight is 468 g/mol. The molecule has 2 heterocycles. The highest BCUT2D eigenvalue weighted by molar-refractivity contribution is 5.75. The summed E-state index contributed by atoms with van der Waals surface area (Å²) in [6.45, 7) is 12.5. The molecule has 0 saturated carbocycles. The Morgan fingerprint density at radius 3 is 1.94 bits per heavy atom. The van der Waals surface area contributed by atoms with Crippen LogP contribution >= 0.6 is 0 Å². The Bertz CT molecular complexity index is 488. The highest BCUT2D eigenvalue weighted by atomic mass is 16.6. The van der Waals surface area contributed by atoms with Crippen molar-refractivity contribution in [2.24, 2.45) is 5.92 Å². The molecular formula is C28H55N2O3+. The van der Waals surface area contributed by atoms with Crippen LogP contribution in [0.5, 0.6) is 0 Å². The maximum Gasteiger partial charge on any atom is 0.219 e. The quantitative estimate of drug-likeness (QED) is 0.131. The Balaban J connectivity index is 1.32. The summed E-state index contributed by atoms with van der Waals surface area (Å²) in [4.78, 5) is 12.1. The lowest BCUT2D eigenvalue weighted by Crippen LogP contribution is -2.57. The summed E-state index contributed by atoms with van der Waals surface area (Å²) in [5, 5.41) is 3.15. The van der Waals surface area contributed by atoms with Crippen LogP contribution < -0.4 is 5.32 Å². The third kappa shape index (κ3) is 15.1. The van der Waals surface area contributed by atoms with Crippen molar-refractivity contribution in [2.45, 2.75) is 116 Å². The van der Waals surface area contributed by atoms with E-state index < -0.39 is 0 Å². The molecule has 2 rings (SSSR count). The second kappa shape index (κ2) is 17.7. The van der Waals surface area contributed by atoms with Gasteiger partial charge in [0.25, 0.3) is 0 Å². The van der Waals surface area contributed by atoms with Gasteiger partial charge in [-0.15, -0.1) is 0 Å². The average Bonchev–Trinajstić information content (AvgIpc) is 3.61. The van der Waals surface area contributed by atoms with Crippen LogP contribution in [0.25, 0.3) is 0 Å². The van der Waals surface area contributed by atoms with Crippen molar-refractivity contribution in [2.75, 3.05) is 52.5 Å². The monoisotopic (exact) mass is 467 g/mol. The van der Waals surface area contributed by atoms with Crippen molar-refractivity contribution < 1.29 is 18.8 Å². The molecule has 1 unspecified atom stereocenters. The molecule has 5 nitrogen and oxygen atoms in total. The van der Waals surface area contributed by atoms with Crippen LogP contribution in [0.1, 0.15) is 110 Å². The Morgan fingerprint density at radius 1 is 0.848 bits per heavy atom. The van der Waals surface area contributed by atoms with Crippen molar-refractivity contribution in [3.8, 4) is 0 Å². The van der Waals surface area contributed by atoms with E-state index in [1.165, 1.54) is 77.0 Å². The molecule has 5 heteroatoms. The molecule has 0 bridgehead atoms. The molecule has 2 fully saturated rings. The van der Waals surface area contributed by atoms with E-state index in [9.17, 15) is 4.79 Å². The van der Waals surface area contributed by atoms with Crippen molar-refractivity contribution in [1.82, 2.24) is 5.32 Å². The Labute approximate surface area is 204 Å². The van der Waals surface area contributed by atoms with Crippen molar-refractivity contribution in [3.63, 3.8) is 0 Å². The van der Waals surface area contributed by atoms with Gasteiger partial charge in [-0.05, 0) is 12.3 Å². The summed E-state index contributed by atoms with van der Waals surface area (Å²) in [7, 11) is 0. The first-order chi connectivity index (χ1) is 16.1. The van der Waals surface area contributed by atoms with Gasteiger partial charge in [-0.2, -0.15) is 0 Å². The molecule has 194 valence electrons. The summed E-state index contributed by atoms with van der Waals surface area (Å²) in [6, 6.07) is 0. The zero-order chi connectivity index (χ0) is 23.6. The van der Waals surface area contributed by atoms with Crippen molar-refractivity contribution in [3.05, 3.63) is 0 Å². The fourth-order valence-electron chi connectivity index (χ4n) is 5.17. The largest absolute Gasteiger partial charge is 0.370 e. The Hall–Kier alpha value is -0.650. The maximum atomic E-state index is 12.1. The number of morpholine rings is 1. The van der Waals surface area contributed by atoms with Crippen LogP contribution in [-0.4, -0.2) is 69.0 Å². The van der Waals surface area contributed by atoms with Gasteiger partial charge in [-0.3, -0.25) is 4.79 Å². The van der Waals surface area contributed by atoms with Gasteiger partial charge in [-0.1, -0.05) is 90.9 Å². The van der Waals surface area contributed by atoms with Crippen molar-refractivity contribution >= 4 is 5.91 Å². The molecule has 0 aromatic carbocycles. The smallest absolute Gasteiger partial charge is 0.219 e. The van der Waals surface area contributed by atoms with Crippen LogP contribution in [0.4, 0.5) is 0 Å². The number of quaternary nitrogens is 1. The minimum Gasteiger partial charge on any atom is -0.370 e. The molecule has 1 N–H and O–H groups in total. The lowest BCUT2D eigenvalue weighted by Gasteiger charge is -2.41. The molecule has 0 spiro atoms. The van der Waals surface area contributed by atoms with Gasteiger partial charge >= 0.3 is 0 Å². The molecular weight excluding hydrogens is 412 g/mol. The zero-order valence-electron chi connectivity index (χ0n) is 22.1. The van der Waals surface area contributed by atoms with E-state index in [2.05, 4.69) is 19.2 Å². The highest BCUT2D eigenvalue weighted by Crippen LogP contribution is 2.20. The SMILES string of the molecule is CC(C)CCCCCCCCCCCCCCC(=O)NCCC[N+]1(CC2CO2)CCOCC1. The van der Waals surface area contributed by atoms with Crippen LogP contribution in [0.2, 0.25) is 0 Å². The van der Waals surface area contributed by atoms with Crippen LogP contribution in [0.3, 0.4) is 0 Å². The standard InChI is InChI=1S/C28H54N2O3/c1-26(2)16-13-11-9-7-5-3-4-6-8-10-12-14-17-28(31)29-18-15-19-30(24-27-25-33-27)20-22-32-23-21-30/h26-27H,3-25H2,1-2H3/p+1. The maximum absolute atomic E-state index is 12.1. The van der Waals surface area contributed by atoms with E-state index in [4.69, 9.17) is 9.47 Å². The highest BCUT2D eigenvalue weighted by Gasteiger charge is 2.38. The number of nitrogens with zero attached hydrogens (tertiary/aromatic N) is 1. The molecule has 0 aliphatic carbocycles. The molecule has 0 aromatic heterocycles. The van der Waals surface area contributed by atoms with Crippen LogP contribution in [0.15, 0.2) is 0 Å². The van der Waals surface area contributed by atoms with E-state index in [0.29, 0.717) is 12.5 Å². The second-order valence-electron chi connectivity index (χ2n) is 11.1. The number of rotatable bonds is 21. The molecule has 1 amide bonds. The molecule has 0 radical (unpaired) electrons. The van der Waals surface area contributed by atoms with Gasteiger partial charge in [-0.25, -0.2) is 0 Å². The fraction of sp³-hybridized carbons (Fsp3) is 0.964. The Kier molecular flexibility index (Phi) is 15.4. The number of ether oxygens (including phenoxy) is 2. The number of hydrogen-bond donors (Lipinski definition) is 1. The van der Waals surface area contributed by atoms with Gasteiger partial charge < -0.3 is 19.3 Å². The minimum absolute atomic E-state index is 0.238. The lowest BCUT2D eigenvalue weighted by molar-refractivity contribution is -0.935. The van der Waals surface area contributed by atoms with E-state index in [1.807, 2.05) is 0 Å². The topological polar surface area (TPSA) is 50.9 Å². The molecule has 2 aliphatic heterocycles. The summed E-state index contributed by atoms with van der Waals surface area (Å²) >= 11 is 0. The lowest BCUT2D eigenvalue weighted by atomic mass is 10.0. The predicted octanol–water partition coefficient (Wildman–Crippen LogP) is 5.86. The normalized spacial score (nSPS) is 19.7. The zero-order valence-corrected chi connectivity index (χ0v) is 22.1. The van der Waals surface area contributed by atoms with Crippen LogP contribution in [-0.2, 0) is 14.3 Å². The third-order valence-corrected chi connectivity index (χ3v) is 7.48. The van der Waals surface area contributed by atoms with Crippen LogP contribution in [0, 0.1) is 5.92 Å². The van der Waals surface area contributed by atoms with E-state index >= 15 is 0 Å². The molecule has 33 heavy (non-hydrogen) atoms. The first-order valence-corrected chi connectivity index (χ1v) is 14.4. The first kappa shape index (κ1) is 28.6. The number of carbonyl (C=O) groups excluding carboxylic acids is 1.